The lowest BCUT2D eigenvalue weighted by atomic mass is 10.1. The summed E-state index contributed by atoms with van der Waals surface area (Å²) in [6, 6.07) is 8.44. The number of aliphatic hydroxyl groups excluding tert-OH is 1. The first-order chi connectivity index (χ1) is 11.1. The van der Waals surface area contributed by atoms with Crippen LogP contribution in [0.3, 0.4) is 0 Å². The van der Waals surface area contributed by atoms with Gasteiger partial charge in [-0.1, -0.05) is 0 Å². The standard InChI is InChI=1S/C16H18N2O5/c1-3-23-16(21)13-10-14(17-18(8-9-19)15(13)20)11-4-6-12(22-2)7-5-11/h4-7,10,19H,3,8-9H2,1-2H3. The van der Waals surface area contributed by atoms with E-state index in [0.29, 0.717) is 17.0 Å². The number of carbonyl (C=O) groups excluding carboxylic acids is 1. The molecule has 1 heterocycles. The molecular formula is C16H18N2O5. The van der Waals surface area contributed by atoms with Crippen molar-refractivity contribution in [3.63, 3.8) is 0 Å². The lowest BCUT2D eigenvalue weighted by Gasteiger charge is -2.10. The van der Waals surface area contributed by atoms with Crippen LogP contribution in [0.5, 0.6) is 5.75 Å². The summed E-state index contributed by atoms with van der Waals surface area (Å²) in [5, 5.41) is 13.3. The normalized spacial score (nSPS) is 10.4. The number of ether oxygens (including phenoxy) is 2. The summed E-state index contributed by atoms with van der Waals surface area (Å²) in [6.07, 6.45) is 0. The number of nitrogens with zero attached hydrogens (tertiary/aromatic N) is 2. The fourth-order valence-corrected chi connectivity index (χ4v) is 2.05. The van der Waals surface area contributed by atoms with Crippen molar-refractivity contribution in [2.45, 2.75) is 13.5 Å². The Morgan fingerprint density at radius 3 is 2.57 bits per heavy atom. The maximum absolute atomic E-state index is 12.2. The Balaban J connectivity index is 2.53. The Labute approximate surface area is 133 Å². The van der Waals surface area contributed by atoms with Gasteiger partial charge in [-0.05, 0) is 37.3 Å². The van der Waals surface area contributed by atoms with E-state index in [1.165, 1.54) is 6.07 Å². The molecule has 0 fully saturated rings. The highest BCUT2D eigenvalue weighted by atomic mass is 16.5. The molecule has 2 aromatic rings. The lowest BCUT2D eigenvalue weighted by molar-refractivity contribution is 0.0522. The second kappa shape index (κ2) is 7.55. The van der Waals surface area contributed by atoms with Crippen LogP contribution in [0.1, 0.15) is 17.3 Å². The number of benzene rings is 1. The zero-order chi connectivity index (χ0) is 16.8. The number of methoxy groups -OCH3 is 1. The van der Waals surface area contributed by atoms with Gasteiger partial charge in [0.1, 0.15) is 11.3 Å². The molecule has 0 saturated heterocycles. The topological polar surface area (TPSA) is 90.7 Å². The Morgan fingerprint density at radius 1 is 1.30 bits per heavy atom. The zero-order valence-electron chi connectivity index (χ0n) is 13.0. The van der Waals surface area contributed by atoms with E-state index < -0.39 is 11.5 Å². The quantitative estimate of drug-likeness (QED) is 0.802. The first-order valence-corrected chi connectivity index (χ1v) is 7.15. The van der Waals surface area contributed by atoms with Gasteiger partial charge in [0.25, 0.3) is 5.56 Å². The van der Waals surface area contributed by atoms with E-state index in [4.69, 9.17) is 14.6 Å². The number of aliphatic hydroxyl groups is 1. The summed E-state index contributed by atoms with van der Waals surface area (Å²) in [4.78, 5) is 24.2. The molecule has 0 spiro atoms. The van der Waals surface area contributed by atoms with Crippen LogP contribution in [0.15, 0.2) is 35.1 Å². The minimum Gasteiger partial charge on any atom is -0.497 e. The lowest BCUT2D eigenvalue weighted by Crippen LogP contribution is -2.30. The molecule has 0 unspecified atom stereocenters. The molecule has 0 atom stereocenters. The zero-order valence-corrected chi connectivity index (χ0v) is 13.0. The highest BCUT2D eigenvalue weighted by Gasteiger charge is 2.17. The summed E-state index contributed by atoms with van der Waals surface area (Å²) < 4.78 is 11.1. The maximum atomic E-state index is 12.2. The number of hydrogen-bond acceptors (Lipinski definition) is 6. The van der Waals surface area contributed by atoms with Crippen molar-refractivity contribution in [1.29, 1.82) is 0 Å². The fourth-order valence-electron chi connectivity index (χ4n) is 2.05. The van der Waals surface area contributed by atoms with Gasteiger partial charge in [0, 0.05) is 5.56 Å². The Hall–Kier alpha value is -2.67. The number of esters is 1. The van der Waals surface area contributed by atoms with Crippen LogP contribution in [0.4, 0.5) is 0 Å². The summed E-state index contributed by atoms with van der Waals surface area (Å²) in [5.74, 6) is -0.0237. The van der Waals surface area contributed by atoms with Gasteiger partial charge in [-0.2, -0.15) is 5.10 Å². The summed E-state index contributed by atoms with van der Waals surface area (Å²) >= 11 is 0. The molecule has 0 aliphatic carbocycles. The summed E-state index contributed by atoms with van der Waals surface area (Å²) in [5.41, 5.74) is 0.447. The molecule has 122 valence electrons. The highest BCUT2D eigenvalue weighted by molar-refractivity contribution is 5.90. The molecule has 7 heteroatoms. The average Bonchev–Trinajstić information content (AvgIpc) is 2.57. The van der Waals surface area contributed by atoms with E-state index in [-0.39, 0.29) is 25.3 Å². The van der Waals surface area contributed by atoms with Crippen molar-refractivity contribution in [3.05, 3.63) is 46.2 Å². The van der Waals surface area contributed by atoms with Crippen molar-refractivity contribution >= 4 is 5.97 Å². The first-order valence-electron chi connectivity index (χ1n) is 7.15. The van der Waals surface area contributed by atoms with Crippen molar-refractivity contribution < 1.29 is 19.4 Å². The molecular weight excluding hydrogens is 300 g/mol. The van der Waals surface area contributed by atoms with Gasteiger partial charge in [0.2, 0.25) is 0 Å². The predicted octanol–water partition coefficient (Wildman–Crippen LogP) is 1.09. The monoisotopic (exact) mass is 318 g/mol. The highest BCUT2D eigenvalue weighted by Crippen LogP contribution is 2.20. The van der Waals surface area contributed by atoms with Crippen LogP contribution in [0, 0.1) is 0 Å². The van der Waals surface area contributed by atoms with E-state index in [0.717, 1.165) is 4.68 Å². The second-order valence-electron chi connectivity index (χ2n) is 4.64. The van der Waals surface area contributed by atoms with Gasteiger partial charge in [-0.15, -0.1) is 0 Å². The molecule has 2 rings (SSSR count). The Bertz CT molecular complexity index is 737. The fraction of sp³-hybridized carbons (Fsp3) is 0.312. The SMILES string of the molecule is CCOC(=O)c1cc(-c2ccc(OC)cc2)nn(CCO)c1=O. The summed E-state index contributed by atoms with van der Waals surface area (Å²) in [6.45, 7) is 1.56. The van der Waals surface area contributed by atoms with Crippen LogP contribution in [0.25, 0.3) is 11.3 Å². The molecule has 1 N–H and O–H groups in total. The molecule has 0 aliphatic heterocycles. The van der Waals surface area contributed by atoms with Gasteiger partial charge in [0.15, 0.2) is 0 Å². The number of hydrogen-bond donors (Lipinski definition) is 1. The van der Waals surface area contributed by atoms with Gasteiger partial charge >= 0.3 is 5.97 Å². The molecule has 0 amide bonds. The Morgan fingerprint density at radius 2 is 2.00 bits per heavy atom. The van der Waals surface area contributed by atoms with Crippen LogP contribution >= 0.6 is 0 Å². The van der Waals surface area contributed by atoms with Crippen LogP contribution in [-0.2, 0) is 11.3 Å². The van der Waals surface area contributed by atoms with Crippen molar-refractivity contribution in [1.82, 2.24) is 9.78 Å². The van der Waals surface area contributed by atoms with E-state index in [1.54, 1.807) is 38.3 Å². The summed E-state index contributed by atoms with van der Waals surface area (Å²) in [7, 11) is 1.56. The number of carbonyl (C=O) groups is 1. The van der Waals surface area contributed by atoms with Crippen LogP contribution in [0.2, 0.25) is 0 Å². The maximum Gasteiger partial charge on any atom is 0.343 e. The van der Waals surface area contributed by atoms with Crippen LogP contribution < -0.4 is 10.3 Å². The van der Waals surface area contributed by atoms with Gasteiger partial charge in [-0.3, -0.25) is 4.79 Å². The first kappa shape index (κ1) is 16.7. The molecule has 0 bridgehead atoms. The van der Waals surface area contributed by atoms with E-state index in [9.17, 15) is 9.59 Å². The van der Waals surface area contributed by atoms with Gasteiger partial charge in [-0.25, -0.2) is 9.48 Å². The van der Waals surface area contributed by atoms with Crippen molar-refractivity contribution in [2.24, 2.45) is 0 Å². The van der Waals surface area contributed by atoms with Crippen molar-refractivity contribution in [2.75, 3.05) is 20.3 Å². The van der Waals surface area contributed by atoms with E-state index >= 15 is 0 Å². The average molecular weight is 318 g/mol. The predicted molar refractivity (Wildman–Crippen MR) is 83.5 cm³/mol. The Kier molecular flexibility index (Phi) is 5.48. The molecule has 0 radical (unpaired) electrons. The third-order valence-corrected chi connectivity index (χ3v) is 3.17. The van der Waals surface area contributed by atoms with Crippen LogP contribution in [-0.4, -0.2) is 41.2 Å². The largest absolute Gasteiger partial charge is 0.497 e. The van der Waals surface area contributed by atoms with Crippen molar-refractivity contribution in [3.8, 4) is 17.0 Å². The molecule has 23 heavy (non-hydrogen) atoms. The minimum atomic E-state index is -0.707. The van der Waals surface area contributed by atoms with Gasteiger partial charge < -0.3 is 14.6 Å². The molecule has 0 saturated carbocycles. The molecule has 1 aromatic heterocycles. The van der Waals surface area contributed by atoms with E-state index in [1.807, 2.05) is 0 Å². The minimum absolute atomic E-state index is 0.00473. The molecule has 1 aromatic carbocycles. The molecule has 0 aliphatic rings. The second-order valence-corrected chi connectivity index (χ2v) is 4.64. The number of aromatic nitrogens is 2. The molecule has 7 nitrogen and oxygen atoms in total. The smallest absolute Gasteiger partial charge is 0.343 e. The third kappa shape index (κ3) is 3.75. The van der Waals surface area contributed by atoms with E-state index in [2.05, 4.69) is 5.10 Å². The van der Waals surface area contributed by atoms with Gasteiger partial charge in [0.05, 0.1) is 32.6 Å². The number of rotatable bonds is 6. The third-order valence-electron chi connectivity index (χ3n) is 3.17.